The average Bonchev–Trinajstić information content (AvgIpc) is 2.97. The molecule has 0 aliphatic rings. The fraction of sp³-hybridized carbons (Fsp3) is 0.947. The van der Waals surface area contributed by atoms with Gasteiger partial charge in [0.1, 0.15) is 0 Å². The molecule has 0 bridgehead atoms. The third kappa shape index (κ3) is 61.5. The van der Waals surface area contributed by atoms with Gasteiger partial charge in [-0.1, -0.05) is 206 Å². The van der Waals surface area contributed by atoms with E-state index in [0.717, 1.165) is 13.2 Å². The maximum absolute atomic E-state index is 4.81. The minimum Gasteiger partial charge on any atom is -0.693 e. The first kappa shape index (κ1) is 56.8. The first-order valence-corrected chi connectivity index (χ1v) is 18.6. The summed E-state index contributed by atoms with van der Waals surface area (Å²) in [6.45, 7) is 6.24. The van der Waals surface area contributed by atoms with Gasteiger partial charge in [0.25, 0.3) is 0 Å². The van der Waals surface area contributed by atoms with Crippen LogP contribution in [0, 0.1) is 14.2 Å². The molecule has 5 nitrogen and oxygen atoms in total. The Balaban J connectivity index is -0.000000150. The number of rotatable bonds is 34. The van der Waals surface area contributed by atoms with Gasteiger partial charge >= 0.3 is 21.1 Å². The van der Waals surface area contributed by atoms with Crippen molar-refractivity contribution in [1.29, 1.82) is 0 Å². The smallest absolute Gasteiger partial charge is 0.693 e. The van der Waals surface area contributed by atoms with E-state index < -0.39 is 0 Å². The number of hydrogen-bond acceptors (Lipinski definition) is 2. The van der Waals surface area contributed by atoms with E-state index in [2.05, 4.69) is 28.1 Å². The molecule has 6 heteroatoms. The van der Waals surface area contributed by atoms with Gasteiger partial charge in [-0.3, -0.25) is 0 Å². The fourth-order valence-electron chi connectivity index (χ4n) is 5.50. The number of ether oxygens (including phenoxy) is 2. The van der Waals surface area contributed by atoms with E-state index in [1.165, 1.54) is 205 Å². The Kier molecular flexibility index (Phi) is 76.1. The predicted molar refractivity (Wildman–Crippen MR) is 196 cm³/mol. The van der Waals surface area contributed by atoms with Crippen molar-refractivity contribution in [3.8, 4) is 0 Å². The number of nitrogens with two attached hydrogens (primary N) is 2. The van der Waals surface area contributed by atoms with Crippen LogP contribution >= 0.6 is 0 Å². The average molecular weight is 812 g/mol. The zero-order chi connectivity index (χ0) is 29.5. The van der Waals surface area contributed by atoms with E-state index in [0.29, 0.717) is 0 Å². The summed E-state index contributed by atoms with van der Waals surface area (Å²) in [5, 5.41) is 0. The Hall–Kier alpha value is 0.488. The largest absolute Gasteiger partial charge is 4.00 e. The summed E-state index contributed by atoms with van der Waals surface area (Å²) in [7, 11) is 6.79. The van der Waals surface area contributed by atoms with Crippen LogP contribution in [0.3, 0.4) is 0 Å². The van der Waals surface area contributed by atoms with Crippen molar-refractivity contribution < 1.29 is 36.0 Å². The van der Waals surface area contributed by atoms with E-state index in [9.17, 15) is 0 Å². The molecule has 0 saturated heterocycles. The first-order valence-electron chi connectivity index (χ1n) is 18.6. The van der Waals surface area contributed by atoms with E-state index in [1.807, 2.05) is 0 Å². The van der Waals surface area contributed by atoms with Gasteiger partial charge in [-0.05, 0) is 12.8 Å². The minimum atomic E-state index is 0. The second-order valence-corrected chi connectivity index (χ2v) is 12.4. The topological polar surface area (TPSA) is 117 Å². The van der Waals surface area contributed by atoms with E-state index in [4.69, 9.17) is 9.47 Å². The van der Waals surface area contributed by atoms with Gasteiger partial charge in [-0.25, -0.2) is 14.2 Å². The molecule has 6 N–H and O–H groups in total. The number of unbranched alkanes of at least 4 members (excludes halogenated alkanes) is 30. The van der Waals surface area contributed by atoms with E-state index in [1.54, 1.807) is 0 Å². The van der Waals surface area contributed by atoms with Crippen LogP contribution in [0.25, 0.3) is 12.3 Å². The molecule has 274 valence electrons. The molecule has 0 spiro atoms. The van der Waals surface area contributed by atoms with Gasteiger partial charge in [-0.2, -0.15) is 0 Å². The minimum absolute atomic E-state index is 0. The molecule has 0 aliphatic carbocycles. The second-order valence-electron chi connectivity index (χ2n) is 12.4. The second kappa shape index (κ2) is 59.0. The summed E-state index contributed by atoms with van der Waals surface area (Å²) in [4.78, 5) is 0. The summed E-state index contributed by atoms with van der Waals surface area (Å²) in [5.41, 5.74) is 0. The summed E-state index contributed by atoms with van der Waals surface area (Å²) in [5.74, 6) is 0. The summed E-state index contributed by atoms with van der Waals surface area (Å²) in [6.07, 6.45) is 45.4. The van der Waals surface area contributed by atoms with Gasteiger partial charge in [-0.15, -0.1) is 0 Å². The molecular weight excluding hydrogens is 728 g/mol. The zero-order valence-electron chi connectivity index (χ0n) is 30.2. The molecule has 0 aromatic rings. The van der Waals surface area contributed by atoms with Crippen LogP contribution in [0.2, 0.25) is 0 Å². The maximum atomic E-state index is 4.81. The Morgan fingerprint density at radius 1 is 0.295 bits per heavy atom. The SMILES string of the molecule is O.[CH2-]OCCCCCCCCCCCCCCCCCC.[CH2-]OCCCCCCCCCCCCCCCCCC.[NH2-].[NH2-].[Pt+4]. The summed E-state index contributed by atoms with van der Waals surface area (Å²) < 4.78 is 9.62. The van der Waals surface area contributed by atoms with Crippen LogP contribution in [0.15, 0.2) is 0 Å². The fourth-order valence-corrected chi connectivity index (χ4v) is 5.50. The Morgan fingerprint density at radius 3 is 0.568 bits per heavy atom. The predicted octanol–water partition coefficient (Wildman–Crippen LogP) is 14.7. The maximum Gasteiger partial charge on any atom is 4.00 e. The first-order chi connectivity index (χ1) is 19.8. The Morgan fingerprint density at radius 2 is 0.432 bits per heavy atom. The molecule has 0 aliphatic heterocycles. The third-order valence-electron chi connectivity index (χ3n) is 8.28. The van der Waals surface area contributed by atoms with Gasteiger partial charge in [0.2, 0.25) is 0 Å². The zero-order valence-corrected chi connectivity index (χ0v) is 32.5. The van der Waals surface area contributed by atoms with Gasteiger partial charge in [0, 0.05) is 13.2 Å². The van der Waals surface area contributed by atoms with Gasteiger partial charge < -0.3 is 27.3 Å². The van der Waals surface area contributed by atoms with E-state index in [-0.39, 0.29) is 38.8 Å². The summed E-state index contributed by atoms with van der Waals surface area (Å²) >= 11 is 0. The molecule has 0 aromatic heterocycles. The Bertz CT molecular complexity index is 334. The van der Waals surface area contributed by atoms with Crippen LogP contribution < -0.4 is 0 Å². The van der Waals surface area contributed by atoms with Crippen molar-refractivity contribution in [2.75, 3.05) is 13.2 Å². The van der Waals surface area contributed by atoms with Crippen LogP contribution in [-0.2, 0) is 30.5 Å². The molecule has 44 heavy (non-hydrogen) atoms. The molecule has 0 amide bonds. The Labute approximate surface area is 294 Å². The molecule has 0 fully saturated rings. The molecule has 0 aromatic carbocycles. The molecule has 0 radical (unpaired) electrons. The van der Waals surface area contributed by atoms with Crippen LogP contribution in [0.4, 0.5) is 0 Å². The van der Waals surface area contributed by atoms with Crippen molar-refractivity contribution in [1.82, 2.24) is 0 Å². The van der Waals surface area contributed by atoms with Gasteiger partial charge in [0.05, 0.1) is 0 Å². The normalized spacial score (nSPS) is 10.1. The van der Waals surface area contributed by atoms with Crippen molar-refractivity contribution in [3.63, 3.8) is 0 Å². The van der Waals surface area contributed by atoms with Crippen molar-refractivity contribution in [3.05, 3.63) is 26.5 Å². The summed E-state index contributed by atoms with van der Waals surface area (Å²) in [6, 6.07) is 0. The molecule has 0 atom stereocenters. The number of hydrogen-bond donors (Lipinski definition) is 0. The molecule has 0 heterocycles. The van der Waals surface area contributed by atoms with E-state index >= 15 is 0 Å². The molecule has 0 unspecified atom stereocenters. The van der Waals surface area contributed by atoms with Crippen molar-refractivity contribution in [2.24, 2.45) is 0 Å². The molecule has 0 saturated carbocycles. The van der Waals surface area contributed by atoms with Crippen LogP contribution in [-0.4, -0.2) is 18.7 Å². The van der Waals surface area contributed by atoms with Crippen LogP contribution in [0.5, 0.6) is 0 Å². The standard InChI is InChI=1S/2C19H39O.2H2N.H2O.Pt/c2*1-3-4-5-6-7-8-9-10-11-12-13-14-15-16-17-18-19-20-2;;;;/h2*2-19H2,1H3;3*1H2;/q4*-1;;+4. The quantitative estimate of drug-likeness (QED) is 0.0475. The van der Waals surface area contributed by atoms with Crippen molar-refractivity contribution in [2.45, 2.75) is 219 Å². The van der Waals surface area contributed by atoms with Crippen LogP contribution in [0.1, 0.15) is 219 Å². The monoisotopic (exact) mass is 812 g/mol. The molecule has 0 rings (SSSR count). The molecular formula is C38H84N2O3Pt. The third-order valence-corrected chi connectivity index (χ3v) is 8.28. The van der Waals surface area contributed by atoms with Gasteiger partial charge in [0.15, 0.2) is 0 Å². The van der Waals surface area contributed by atoms with Crippen molar-refractivity contribution >= 4 is 0 Å².